The molecule has 9 nitrogen and oxygen atoms in total. The largest absolute Gasteiger partial charge is 0.461 e. The fourth-order valence-corrected chi connectivity index (χ4v) is 2.31. The molecule has 2 aromatic heterocycles. The second kappa shape index (κ2) is 7.24. The second-order valence-corrected chi connectivity index (χ2v) is 5.48. The number of esters is 1. The molecule has 0 saturated carbocycles. The topological polar surface area (TPSA) is 116 Å². The molecule has 0 unspecified atom stereocenters. The van der Waals surface area contributed by atoms with Gasteiger partial charge in [-0.1, -0.05) is 12.1 Å². The Morgan fingerprint density at radius 1 is 1.38 bits per heavy atom. The summed E-state index contributed by atoms with van der Waals surface area (Å²) in [6.45, 7) is 7.21. The highest BCUT2D eigenvalue weighted by Gasteiger charge is 2.26. The number of amides is 1. The molecule has 130 valence electrons. The molecule has 2 rings (SSSR count). The number of hydrogen-bond acceptors (Lipinski definition) is 7. The lowest BCUT2D eigenvalue weighted by molar-refractivity contribution is -0.125. The van der Waals surface area contributed by atoms with E-state index >= 15 is 0 Å². The van der Waals surface area contributed by atoms with Gasteiger partial charge in [-0.05, 0) is 27.2 Å². The van der Waals surface area contributed by atoms with Gasteiger partial charge >= 0.3 is 5.97 Å². The Hall–Kier alpha value is -2.71. The van der Waals surface area contributed by atoms with Gasteiger partial charge in [-0.15, -0.1) is 0 Å². The number of nitrogens with zero attached hydrogens (tertiary/aromatic N) is 3. The van der Waals surface area contributed by atoms with E-state index in [0.29, 0.717) is 6.42 Å². The van der Waals surface area contributed by atoms with Crippen LogP contribution in [0.1, 0.15) is 50.6 Å². The van der Waals surface area contributed by atoms with Crippen molar-refractivity contribution in [2.24, 2.45) is 0 Å². The van der Waals surface area contributed by atoms with Crippen LogP contribution < -0.4 is 10.9 Å². The molecular weight excluding hydrogens is 316 g/mol. The van der Waals surface area contributed by atoms with Crippen LogP contribution in [-0.2, 0) is 9.53 Å². The summed E-state index contributed by atoms with van der Waals surface area (Å²) in [4.78, 5) is 40.9. The Balaban J connectivity index is 2.54. The van der Waals surface area contributed by atoms with Crippen molar-refractivity contribution in [3.05, 3.63) is 22.4 Å². The van der Waals surface area contributed by atoms with E-state index in [1.54, 1.807) is 13.8 Å². The minimum absolute atomic E-state index is 0.0652. The summed E-state index contributed by atoms with van der Waals surface area (Å²) in [5.41, 5.74) is -0.883. The standard InChI is InChI=1S/C15H20N4O5/c1-5-9(12(20)17-8(3)4)19-7-16-13-10(14(19)21)11(18-24-13)15(22)23-6-2/h7-9H,5-6H2,1-4H3,(H,17,20)/t9-/m1/s1. The van der Waals surface area contributed by atoms with E-state index in [0.717, 1.165) is 0 Å². The summed E-state index contributed by atoms with van der Waals surface area (Å²) in [5, 5.41) is 6.24. The monoisotopic (exact) mass is 336 g/mol. The number of aromatic nitrogens is 3. The molecule has 0 aliphatic carbocycles. The maximum atomic E-state index is 12.7. The van der Waals surface area contributed by atoms with Crippen LogP contribution >= 0.6 is 0 Å². The van der Waals surface area contributed by atoms with Crippen LogP contribution in [0.3, 0.4) is 0 Å². The molecule has 1 N–H and O–H groups in total. The molecule has 0 bridgehead atoms. The van der Waals surface area contributed by atoms with Crippen molar-refractivity contribution in [1.82, 2.24) is 20.0 Å². The lowest BCUT2D eigenvalue weighted by atomic mass is 10.2. The van der Waals surface area contributed by atoms with Crippen molar-refractivity contribution in [3.8, 4) is 0 Å². The van der Waals surface area contributed by atoms with E-state index in [2.05, 4.69) is 15.5 Å². The van der Waals surface area contributed by atoms with Crippen LogP contribution in [-0.4, -0.2) is 39.2 Å². The summed E-state index contributed by atoms with van der Waals surface area (Å²) in [6.07, 6.45) is 1.60. The second-order valence-electron chi connectivity index (χ2n) is 5.48. The van der Waals surface area contributed by atoms with Gasteiger partial charge in [0.2, 0.25) is 11.6 Å². The predicted octanol–water partition coefficient (Wildman–Crippen LogP) is 1.04. The number of nitrogens with one attached hydrogen (secondary N) is 1. The minimum atomic E-state index is -0.771. The van der Waals surface area contributed by atoms with E-state index in [1.165, 1.54) is 10.9 Å². The lowest BCUT2D eigenvalue weighted by Crippen LogP contribution is -2.40. The van der Waals surface area contributed by atoms with E-state index in [1.807, 2.05) is 13.8 Å². The van der Waals surface area contributed by atoms with Crippen molar-refractivity contribution in [1.29, 1.82) is 0 Å². The molecule has 0 radical (unpaired) electrons. The maximum absolute atomic E-state index is 12.7. The molecule has 0 aromatic carbocycles. The maximum Gasteiger partial charge on any atom is 0.361 e. The molecule has 0 spiro atoms. The number of carbonyl (C=O) groups excluding carboxylic acids is 2. The highest BCUT2D eigenvalue weighted by molar-refractivity contribution is 5.99. The fraction of sp³-hybridized carbons (Fsp3) is 0.533. The fourth-order valence-electron chi connectivity index (χ4n) is 2.31. The third-order valence-electron chi connectivity index (χ3n) is 3.35. The first-order valence-corrected chi connectivity index (χ1v) is 7.74. The number of fused-ring (bicyclic) bond motifs is 1. The third kappa shape index (κ3) is 3.29. The Morgan fingerprint density at radius 3 is 2.67 bits per heavy atom. The SMILES string of the molecule is CCOC(=O)c1noc2ncn([C@H](CC)C(=O)NC(C)C)c(=O)c12. The van der Waals surface area contributed by atoms with Gasteiger partial charge in [0, 0.05) is 6.04 Å². The summed E-state index contributed by atoms with van der Waals surface area (Å²) < 4.78 is 11.0. The summed E-state index contributed by atoms with van der Waals surface area (Å²) in [5.74, 6) is -1.07. The number of carbonyl (C=O) groups is 2. The van der Waals surface area contributed by atoms with Crippen LogP contribution in [0.15, 0.2) is 15.6 Å². The average molecular weight is 336 g/mol. The van der Waals surface area contributed by atoms with Gasteiger partial charge in [0.25, 0.3) is 11.3 Å². The van der Waals surface area contributed by atoms with Crippen molar-refractivity contribution < 1.29 is 18.8 Å². The smallest absolute Gasteiger partial charge is 0.361 e. The number of hydrogen-bond donors (Lipinski definition) is 1. The van der Waals surface area contributed by atoms with Crippen molar-refractivity contribution >= 4 is 23.0 Å². The zero-order valence-electron chi connectivity index (χ0n) is 14.0. The third-order valence-corrected chi connectivity index (χ3v) is 3.35. The quantitative estimate of drug-likeness (QED) is 0.783. The van der Waals surface area contributed by atoms with Crippen LogP contribution in [0.4, 0.5) is 0 Å². The van der Waals surface area contributed by atoms with Crippen molar-refractivity contribution in [2.75, 3.05) is 6.61 Å². The van der Waals surface area contributed by atoms with Crippen molar-refractivity contribution in [3.63, 3.8) is 0 Å². The molecule has 0 saturated heterocycles. The van der Waals surface area contributed by atoms with E-state index < -0.39 is 17.6 Å². The van der Waals surface area contributed by atoms with Crippen LogP contribution in [0.2, 0.25) is 0 Å². The van der Waals surface area contributed by atoms with E-state index in [9.17, 15) is 14.4 Å². The van der Waals surface area contributed by atoms with Gasteiger partial charge in [-0.3, -0.25) is 14.2 Å². The van der Waals surface area contributed by atoms with Gasteiger partial charge in [0.05, 0.1) is 6.61 Å². The molecular formula is C15H20N4O5. The Bertz CT molecular complexity index is 808. The lowest BCUT2D eigenvalue weighted by Gasteiger charge is -2.18. The molecule has 1 amide bonds. The van der Waals surface area contributed by atoms with Gasteiger partial charge in [-0.25, -0.2) is 9.78 Å². The number of rotatable bonds is 6. The zero-order chi connectivity index (χ0) is 17.9. The van der Waals surface area contributed by atoms with E-state index in [4.69, 9.17) is 9.26 Å². The Kier molecular flexibility index (Phi) is 5.32. The van der Waals surface area contributed by atoms with Gasteiger partial charge in [0.1, 0.15) is 17.8 Å². The highest BCUT2D eigenvalue weighted by atomic mass is 16.5. The Labute approximate surface area is 138 Å². The number of ether oxygens (including phenoxy) is 1. The highest BCUT2D eigenvalue weighted by Crippen LogP contribution is 2.16. The molecule has 24 heavy (non-hydrogen) atoms. The minimum Gasteiger partial charge on any atom is -0.461 e. The average Bonchev–Trinajstić information content (AvgIpc) is 2.94. The van der Waals surface area contributed by atoms with Crippen LogP contribution in [0.25, 0.3) is 11.1 Å². The molecule has 0 aliphatic heterocycles. The van der Waals surface area contributed by atoms with Crippen molar-refractivity contribution in [2.45, 2.75) is 46.2 Å². The molecule has 0 fully saturated rings. The Morgan fingerprint density at radius 2 is 2.08 bits per heavy atom. The zero-order valence-corrected chi connectivity index (χ0v) is 14.0. The van der Waals surface area contributed by atoms with E-state index in [-0.39, 0.29) is 35.3 Å². The molecule has 2 heterocycles. The molecule has 0 aliphatic rings. The molecule has 9 heteroatoms. The summed E-state index contributed by atoms with van der Waals surface area (Å²) >= 11 is 0. The first-order chi connectivity index (χ1) is 11.4. The van der Waals surface area contributed by atoms with Crippen LogP contribution in [0.5, 0.6) is 0 Å². The predicted molar refractivity (Wildman–Crippen MR) is 84.6 cm³/mol. The van der Waals surface area contributed by atoms with Gasteiger partial charge in [-0.2, -0.15) is 0 Å². The van der Waals surface area contributed by atoms with Gasteiger partial charge < -0.3 is 14.6 Å². The summed E-state index contributed by atoms with van der Waals surface area (Å²) in [6, 6.07) is -0.814. The van der Waals surface area contributed by atoms with Crippen LogP contribution in [0, 0.1) is 0 Å². The summed E-state index contributed by atoms with van der Waals surface area (Å²) in [7, 11) is 0. The van der Waals surface area contributed by atoms with Gasteiger partial charge in [0.15, 0.2) is 0 Å². The first-order valence-electron chi connectivity index (χ1n) is 7.74. The normalized spacial score (nSPS) is 12.4. The first kappa shape index (κ1) is 17.6. The molecule has 1 atom stereocenters. The molecule has 2 aromatic rings.